The molecule has 0 saturated carbocycles. The van der Waals surface area contributed by atoms with Crippen molar-refractivity contribution >= 4 is 38.7 Å². The maximum absolute atomic E-state index is 11.6. The highest BCUT2D eigenvalue weighted by molar-refractivity contribution is 9.10. The number of benzene rings is 1. The summed E-state index contributed by atoms with van der Waals surface area (Å²) in [5.74, 6) is -0.269. The Bertz CT molecular complexity index is 619. The molecule has 0 aliphatic rings. The summed E-state index contributed by atoms with van der Waals surface area (Å²) >= 11 is 4.65. The van der Waals surface area contributed by atoms with Crippen LogP contribution in [0.4, 0.5) is 5.69 Å². The lowest BCUT2D eigenvalue weighted by Crippen LogP contribution is -2.04. The molecule has 20 heavy (non-hydrogen) atoms. The van der Waals surface area contributed by atoms with Crippen LogP contribution in [0.2, 0.25) is 0 Å². The number of nitrogens with zero attached hydrogens (tertiary/aromatic N) is 1. The number of rotatable bonds is 5. The molecular weight excluding hydrogens is 346 g/mol. The van der Waals surface area contributed by atoms with Crippen LogP contribution in [0.3, 0.4) is 0 Å². The summed E-state index contributed by atoms with van der Waals surface area (Å²) < 4.78 is 5.99. The topological polar surface area (TPSA) is 69.4 Å². The summed E-state index contributed by atoms with van der Waals surface area (Å²) in [6.07, 6.45) is 0. The van der Waals surface area contributed by atoms with Gasteiger partial charge in [0.2, 0.25) is 5.75 Å². The number of ether oxygens (including phenoxy) is 1. The van der Waals surface area contributed by atoms with Gasteiger partial charge in [0, 0.05) is 15.4 Å². The molecule has 0 radical (unpaired) electrons. The smallest absolute Gasteiger partial charge is 0.312 e. The van der Waals surface area contributed by atoms with Crippen molar-refractivity contribution in [2.75, 3.05) is 0 Å². The first kappa shape index (κ1) is 14.7. The van der Waals surface area contributed by atoms with Crippen molar-refractivity contribution in [2.24, 2.45) is 0 Å². The molecule has 1 aromatic carbocycles. The number of nitro groups is 1. The summed E-state index contributed by atoms with van der Waals surface area (Å²) in [6.45, 7) is 1.55. The molecule has 0 aliphatic heterocycles. The minimum atomic E-state index is -0.555. The van der Waals surface area contributed by atoms with Crippen LogP contribution in [0.15, 0.2) is 34.1 Å². The summed E-state index contributed by atoms with van der Waals surface area (Å²) in [5.41, 5.74) is -0.0243. The van der Waals surface area contributed by atoms with E-state index in [1.807, 2.05) is 17.5 Å². The van der Waals surface area contributed by atoms with Crippen LogP contribution in [0, 0.1) is 10.1 Å². The number of ketones is 1. The van der Waals surface area contributed by atoms with Gasteiger partial charge in [0.15, 0.2) is 5.78 Å². The average molecular weight is 356 g/mol. The van der Waals surface area contributed by atoms with E-state index in [9.17, 15) is 14.9 Å². The van der Waals surface area contributed by atoms with Gasteiger partial charge in [-0.3, -0.25) is 14.9 Å². The van der Waals surface area contributed by atoms with E-state index in [2.05, 4.69) is 15.9 Å². The second-order valence-corrected chi connectivity index (χ2v) is 5.93. The first-order chi connectivity index (χ1) is 9.49. The Morgan fingerprint density at radius 2 is 2.25 bits per heavy atom. The molecule has 0 fully saturated rings. The van der Waals surface area contributed by atoms with Gasteiger partial charge >= 0.3 is 5.69 Å². The second kappa shape index (κ2) is 6.15. The van der Waals surface area contributed by atoms with E-state index >= 15 is 0 Å². The Morgan fingerprint density at radius 1 is 1.50 bits per heavy atom. The zero-order valence-electron chi connectivity index (χ0n) is 10.5. The summed E-state index contributed by atoms with van der Waals surface area (Å²) in [6, 6.07) is 6.59. The van der Waals surface area contributed by atoms with Crippen LogP contribution in [0.1, 0.15) is 22.2 Å². The molecule has 0 bridgehead atoms. The lowest BCUT2D eigenvalue weighted by atomic mass is 10.1. The molecule has 5 nitrogen and oxygen atoms in total. The molecule has 0 spiro atoms. The molecule has 104 valence electrons. The van der Waals surface area contributed by atoms with Crippen molar-refractivity contribution in [3.05, 3.63) is 54.7 Å². The van der Waals surface area contributed by atoms with Gasteiger partial charge in [-0.15, -0.1) is 11.3 Å². The summed E-state index contributed by atoms with van der Waals surface area (Å²) in [4.78, 5) is 23.1. The van der Waals surface area contributed by atoms with Crippen molar-refractivity contribution in [3.8, 4) is 5.75 Å². The number of nitro benzene ring substituents is 1. The van der Waals surface area contributed by atoms with Crippen LogP contribution < -0.4 is 4.74 Å². The monoisotopic (exact) mass is 355 g/mol. The van der Waals surface area contributed by atoms with Crippen molar-refractivity contribution in [2.45, 2.75) is 13.5 Å². The maximum Gasteiger partial charge on any atom is 0.312 e. The van der Waals surface area contributed by atoms with Gasteiger partial charge in [0.25, 0.3) is 0 Å². The normalized spacial score (nSPS) is 10.3. The second-order valence-electron chi connectivity index (χ2n) is 3.98. The molecule has 0 aliphatic carbocycles. The number of carbonyl (C=O) groups excluding carboxylic acids is 1. The first-order valence-corrected chi connectivity index (χ1v) is 7.30. The Morgan fingerprint density at radius 3 is 2.80 bits per heavy atom. The lowest BCUT2D eigenvalue weighted by Gasteiger charge is -2.10. The van der Waals surface area contributed by atoms with Crippen LogP contribution in [0.25, 0.3) is 0 Å². The number of thiophene rings is 1. The number of hydrogen-bond acceptors (Lipinski definition) is 5. The first-order valence-electron chi connectivity index (χ1n) is 5.63. The molecule has 0 saturated heterocycles. The van der Waals surface area contributed by atoms with E-state index in [0.29, 0.717) is 4.47 Å². The standard InChI is InChI=1S/C13H10BrNO4S/c1-8(16)11-5-9(14)6-12(15(17)18)13(11)19-7-10-3-2-4-20-10/h2-6H,7H2,1H3. The maximum atomic E-state index is 11.6. The molecule has 2 aromatic rings. The fourth-order valence-electron chi connectivity index (χ4n) is 1.67. The molecule has 2 rings (SSSR count). The molecular formula is C13H10BrNO4S. The zero-order chi connectivity index (χ0) is 14.7. The van der Waals surface area contributed by atoms with E-state index in [4.69, 9.17) is 4.74 Å². The van der Waals surface area contributed by atoms with Crippen LogP contribution in [0.5, 0.6) is 5.75 Å². The van der Waals surface area contributed by atoms with E-state index in [0.717, 1.165) is 4.88 Å². The predicted octanol–water partition coefficient (Wildman–Crippen LogP) is 4.20. The molecule has 0 unspecified atom stereocenters. The van der Waals surface area contributed by atoms with Crippen molar-refractivity contribution in [1.29, 1.82) is 0 Å². The van der Waals surface area contributed by atoms with Gasteiger partial charge in [-0.1, -0.05) is 22.0 Å². The van der Waals surface area contributed by atoms with Gasteiger partial charge in [-0.25, -0.2) is 0 Å². The van der Waals surface area contributed by atoms with Gasteiger partial charge in [0.1, 0.15) is 6.61 Å². The quantitative estimate of drug-likeness (QED) is 0.457. The van der Waals surface area contributed by atoms with Gasteiger partial charge in [-0.2, -0.15) is 0 Å². The van der Waals surface area contributed by atoms with Crippen LogP contribution in [-0.2, 0) is 6.61 Å². The minimum Gasteiger partial charge on any atom is -0.481 e. The van der Waals surface area contributed by atoms with Crippen molar-refractivity contribution in [1.82, 2.24) is 0 Å². The fraction of sp³-hybridized carbons (Fsp3) is 0.154. The third kappa shape index (κ3) is 3.23. The van der Waals surface area contributed by atoms with E-state index < -0.39 is 4.92 Å². The lowest BCUT2D eigenvalue weighted by molar-refractivity contribution is -0.386. The SMILES string of the molecule is CC(=O)c1cc(Br)cc([N+](=O)[O-])c1OCc1cccs1. The predicted molar refractivity (Wildman–Crippen MR) is 79.5 cm³/mol. The third-order valence-corrected chi connectivity index (χ3v) is 3.86. The Labute approximate surface area is 127 Å². The summed E-state index contributed by atoms with van der Waals surface area (Å²) in [5, 5.41) is 13.0. The zero-order valence-corrected chi connectivity index (χ0v) is 12.9. The van der Waals surface area contributed by atoms with E-state index in [1.165, 1.54) is 30.4 Å². The van der Waals surface area contributed by atoms with Gasteiger partial charge in [-0.05, 0) is 24.4 Å². The molecule has 0 N–H and O–H groups in total. The molecule has 1 aromatic heterocycles. The number of Topliss-reactive ketones (excluding diaryl/α,β-unsaturated/α-hetero) is 1. The number of hydrogen-bond donors (Lipinski definition) is 0. The van der Waals surface area contributed by atoms with Crippen LogP contribution >= 0.6 is 27.3 Å². The number of carbonyl (C=O) groups is 1. The Hall–Kier alpha value is -1.73. The highest BCUT2D eigenvalue weighted by Gasteiger charge is 2.23. The van der Waals surface area contributed by atoms with E-state index in [-0.39, 0.29) is 29.4 Å². The fourth-order valence-corrected chi connectivity index (χ4v) is 2.73. The molecule has 0 amide bonds. The van der Waals surface area contributed by atoms with E-state index in [1.54, 1.807) is 0 Å². The molecule has 7 heteroatoms. The Balaban J connectivity index is 2.42. The highest BCUT2D eigenvalue weighted by atomic mass is 79.9. The van der Waals surface area contributed by atoms with Crippen LogP contribution in [-0.4, -0.2) is 10.7 Å². The molecule has 0 atom stereocenters. The highest BCUT2D eigenvalue weighted by Crippen LogP contribution is 2.35. The van der Waals surface area contributed by atoms with Crippen molar-refractivity contribution < 1.29 is 14.5 Å². The average Bonchev–Trinajstić information content (AvgIpc) is 2.89. The van der Waals surface area contributed by atoms with Gasteiger partial charge < -0.3 is 4.74 Å². The third-order valence-electron chi connectivity index (χ3n) is 2.55. The minimum absolute atomic E-state index is 0.0131. The van der Waals surface area contributed by atoms with Gasteiger partial charge in [0.05, 0.1) is 10.5 Å². The number of halogens is 1. The summed E-state index contributed by atoms with van der Waals surface area (Å²) in [7, 11) is 0. The molecule has 1 heterocycles. The van der Waals surface area contributed by atoms with Crippen molar-refractivity contribution in [3.63, 3.8) is 0 Å². The Kier molecular flexibility index (Phi) is 4.51. The largest absolute Gasteiger partial charge is 0.481 e.